The van der Waals surface area contributed by atoms with Crippen molar-refractivity contribution in [2.45, 2.75) is 32.9 Å². The van der Waals surface area contributed by atoms with E-state index in [-0.39, 0.29) is 0 Å². The molecule has 1 saturated heterocycles. The van der Waals surface area contributed by atoms with Crippen LogP contribution in [0.4, 0.5) is 0 Å². The van der Waals surface area contributed by atoms with Crippen LogP contribution < -0.4 is 5.32 Å². The van der Waals surface area contributed by atoms with Gasteiger partial charge in [-0.15, -0.1) is 0 Å². The van der Waals surface area contributed by atoms with Crippen molar-refractivity contribution in [2.24, 2.45) is 5.92 Å². The van der Waals surface area contributed by atoms with E-state index in [4.69, 9.17) is 0 Å². The highest BCUT2D eigenvalue weighted by Crippen LogP contribution is 2.16. The fourth-order valence-corrected chi connectivity index (χ4v) is 2.76. The first kappa shape index (κ1) is 14.0. The standard InChI is InChI=1S/C15H23BrN2/c1-3-12(2)15-11-18(9-8-17-15)10-13-4-6-14(16)7-5-13/h4-7,12,15,17H,3,8-11H2,1-2H3. The number of benzene rings is 1. The van der Waals surface area contributed by atoms with E-state index < -0.39 is 0 Å². The van der Waals surface area contributed by atoms with Crippen molar-refractivity contribution < 1.29 is 0 Å². The molecule has 0 radical (unpaired) electrons. The molecule has 2 nitrogen and oxygen atoms in total. The molecule has 1 aliphatic heterocycles. The van der Waals surface area contributed by atoms with Gasteiger partial charge >= 0.3 is 0 Å². The summed E-state index contributed by atoms with van der Waals surface area (Å²) in [7, 11) is 0. The van der Waals surface area contributed by atoms with E-state index in [1.54, 1.807) is 0 Å². The molecule has 1 heterocycles. The van der Waals surface area contributed by atoms with Gasteiger partial charge in [0.25, 0.3) is 0 Å². The molecule has 1 aromatic carbocycles. The molecule has 2 unspecified atom stereocenters. The molecule has 18 heavy (non-hydrogen) atoms. The van der Waals surface area contributed by atoms with Crippen molar-refractivity contribution in [3.05, 3.63) is 34.3 Å². The molecule has 0 saturated carbocycles. The lowest BCUT2D eigenvalue weighted by Crippen LogP contribution is -2.52. The van der Waals surface area contributed by atoms with E-state index in [9.17, 15) is 0 Å². The van der Waals surface area contributed by atoms with Crippen LogP contribution in [-0.2, 0) is 6.54 Å². The zero-order valence-electron chi connectivity index (χ0n) is 11.3. The molecular formula is C15H23BrN2. The minimum atomic E-state index is 0.652. The molecular weight excluding hydrogens is 288 g/mol. The Morgan fingerprint density at radius 3 is 2.78 bits per heavy atom. The van der Waals surface area contributed by atoms with Gasteiger partial charge in [-0.2, -0.15) is 0 Å². The largest absolute Gasteiger partial charge is 0.311 e. The Balaban J connectivity index is 1.91. The highest BCUT2D eigenvalue weighted by atomic mass is 79.9. The highest BCUT2D eigenvalue weighted by molar-refractivity contribution is 9.10. The number of rotatable bonds is 4. The van der Waals surface area contributed by atoms with Crippen molar-refractivity contribution in [3.8, 4) is 0 Å². The molecule has 3 heteroatoms. The first-order valence-electron chi connectivity index (χ1n) is 6.89. The van der Waals surface area contributed by atoms with E-state index in [1.807, 2.05) is 0 Å². The molecule has 1 aliphatic rings. The van der Waals surface area contributed by atoms with E-state index >= 15 is 0 Å². The Morgan fingerprint density at radius 1 is 1.39 bits per heavy atom. The lowest BCUT2D eigenvalue weighted by atomic mass is 9.97. The minimum absolute atomic E-state index is 0.652. The smallest absolute Gasteiger partial charge is 0.0234 e. The van der Waals surface area contributed by atoms with Crippen molar-refractivity contribution >= 4 is 15.9 Å². The van der Waals surface area contributed by atoms with Crippen LogP contribution in [0.15, 0.2) is 28.7 Å². The normalized spacial score (nSPS) is 22.9. The highest BCUT2D eigenvalue weighted by Gasteiger charge is 2.22. The Labute approximate surface area is 119 Å². The average Bonchev–Trinajstić information content (AvgIpc) is 2.41. The second kappa shape index (κ2) is 6.69. The van der Waals surface area contributed by atoms with Crippen LogP contribution in [0.5, 0.6) is 0 Å². The van der Waals surface area contributed by atoms with Gasteiger partial charge in [-0.1, -0.05) is 48.3 Å². The van der Waals surface area contributed by atoms with Crippen LogP contribution in [0, 0.1) is 5.92 Å². The maximum absolute atomic E-state index is 3.65. The number of piperazine rings is 1. The summed E-state index contributed by atoms with van der Waals surface area (Å²) in [6, 6.07) is 9.33. The van der Waals surface area contributed by atoms with Gasteiger partial charge in [-0.25, -0.2) is 0 Å². The van der Waals surface area contributed by atoms with E-state index in [1.165, 1.54) is 18.5 Å². The van der Waals surface area contributed by atoms with Crippen LogP contribution in [0.25, 0.3) is 0 Å². The molecule has 1 N–H and O–H groups in total. The summed E-state index contributed by atoms with van der Waals surface area (Å²) < 4.78 is 1.16. The van der Waals surface area contributed by atoms with Crippen molar-refractivity contribution in [1.82, 2.24) is 10.2 Å². The maximum Gasteiger partial charge on any atom is 0.0234 e. The summed E-state index contributed by atoms with van der Waals surface area (Å²) in [4.78, 5) is 2.57. The number of nitrogens with zero attached hydrogens (tertiary/aromatic N) is 1. The summed E-state index contributed by atoms with van der Waals surface area (Å²) in [6.45, 7) is 9.14. The second-order valence-electron chi connectivity index (χ2n) is 5.31. The van der Waals surface area contributed by atoms with Crippen LogP contribution in [0.1, 0.15) is 25.8 Å². The third-order valence-corrected chi connectivity index (χ3v) is 4.47. The van der Waals surface area contributed by atoms with Gasteiger partial charge in [0.05, 0.1) is 0 Å². The Kier molecular flexibility index (Phi) is 5.22. The minimum Gasteiger partial charge on any atom is -0.311 e. The van der Waals surface area contributed by atoms with Crippen LogP contribution in [0.3, 0.4) is 0 Å². The van der Waals surface area contributed by atoms with E-state index in [0.29, 0.717) is 6.04 Å². The summed E-state index contributed by atoms with van der Waals surface area (Å²) in [6.07, 6.45) is 1.25. The van der Waals surface area contributed by atoms with Crippen LogP contribution in [-0.4, -0.2) is 30.6 Å². The number of hydrogen-bond donors (Lipinski definition) is 1. The molecule has 1 aromatic rings. The summed E-state index contributed by atoms with van der Waals surface area (Å²) in [5, 5.41) is 3.65. The number of halogens is 1. The molecule has 100 valence electrons. The van der Waals surface area contributed by atoms with Crippen molar-refractivity contribution in [2.75, 3.05) is 19.6 Å². The Morgan fingerprint density at radius 2 is 2.11 bits per heavy atom. The fourth-order valence-electron chi connectivity index (χ4n) is 2.50. The SMILES string of the molecule is CCC(C)C1CN(Cc2ccc(Br)cc2)CCN1. The third kappa shape index (κ3) is 3.81. The predicted molar refractivity (Wildman–Crippen MR) is 80.7 cm³/mol. The predicted octanol–water partition coefficient (Wildman–Crippen LogP) is 3.27. The van der Waals surface area contributed by atoms with Crippen LogP contribution >= 0.6 is 15.9 Å². The summed E-state index contributed by atoms with van der Waals surface area (Å²) in [5.74, 6) is 0.762. The van der Waals surface area contributed by atoms with Gasteiger partial charge in [0, 0.05) is 36.7 Å². The van der Waals surface area contributed by atoms with Gasteiger partial charge in [0.15, 0.2) is 0 Å². The molecule has 1 fully saturated rings. The molecule has 0 amide bonds. The third-order valence-electron chi connectivity index (χ3n) is 3.94. The van der Waals surface area contributed by atoms with Crippen molar-refractivity contribution in [3.63, 3.8) is 0 Å². The summed E-state index contributed by atoms with van der Waals surface area (Å²) >= 11 is 3.48. The van der Waals surface area contributed by atoms with Crippen molar-refractivity contribution in [1.29, 1.82) is 0 Å². The Bertz CT molecular complexity index is 363. The maximum atomic E-state index is 3.65. The summed E-state index contributed by atoms with van der Waals surface area (Å²) in [5.41, 5.74) is 1.41. The van der Waals surface area contributed by atoms with Gasteiger partial charge in [0.2, 0.25) is 0 Å². The molecule has 0 bridgehead atoms. The van der Waals surface area contributed by atoms with Gasteiger partial charge in [0.1, 0.15) is 0 Å². The second-order valence-corrected chi connectivity index (χ2v) is 6.22. The lowest BCUT2D eigenvalue weighted by molar-refractivity contribution is 0.162. The van der Waals surface area contributed by atoms with Gasteiger partial charge in [-0.3, -0.25) is 4.90 Å². The quantitative estimate of drug-likeness (QED) is 0.918. The number of nitrogens with one attached hydrogen (secondary N) is 1. The first-order valence-corrected chi connectivity index (χ1v) is 7.68. The zero-order chi connectivity index (χ0) is 13.0. The lowest BCUT2D eigenvalue weighted by Gasteiger charge is -2.36. The first-order chi connectivity index (χ1) is 8.69. The van der Waals surface area contributed by atoms with E-state index in [0.717, 1.165) is 30.0 Å². The molecule has 0 spiro atoms. The van der Waals surface area contributed by atoms with Gasteiger partial charge in [-0.05, 0) is 23.6 Å². The number of hydrogen-bond acceptors (Lipinski definition) is 2. The van der Waals surface area contributed by atoms with E-state index in [2.05, 4.69) is 64.3 Å². The van der Waals surface area contributed by atoms with Crippen LogP contribution in [0.2, 0.25) is 0 Å². The molecule has 2 rings (SSSR count). The fraction of sp³-hybridized carbons (Fsp3) is 0.600. The molecule has 0 aromatic heterocycles. The average molecular weight is 311 g/mol. The molecule has 0 aliphatic carbocycles. The van der Waals surface area contributed by atoms with Gasteiger partial charge < -0.3 is 5.32 Å². The monoisotopic (exact) mass is 310 g/mol. The topological polar surface area (TPSA) is 15.3 Å². The zero-order valence-corrected chi connectivity index (χ0v) is 12.9. The molecule has 2 atom stereocenters. The Hall–Kier alpha value is -0.380.